The molecule has 1 aromatic heterocycles. The van der Waals surface area contributed by atoms with Gasteiger partial charge in [0.15, 0.2) is 5.58 Å². The lowest BCUT2D eigenvalue weighted by atomic mass is 10.1. The minimum Gasteiger partial charge on any atom is -0.423 e. The fourth-order valence-electron chi connectivity index (χ4n) is 2.88. The highest BCUT2D eigenvalue weighted by atomic mass is 35.5. The van der Waals surface area contributed by atoms with Crippen LogP contribution in [0.4, 0.5) is 24.9 Å². The summed E-state index contributed by atoms with van der Waals surface area (Å²) in [5.74, 6) is 0. The summed E-state index contributed by atoms with van der Waals surface area (Å²) in [6, 6.07) is 9.23. The Hall–Kier alpha value is -2.54. The first kappa shape index (κ1) is 16.9. The topological polar surface area (TPSA) is 50.4 Å². The molecule has 8 heteroatoms. The van der Waals surface area contributed by atoms with E-state index in [0.29, 0.717) is 11.1 Å². The molecule has 0 spiro atoms. The third kappa shape index (κ3) is 3.26. The zero-order valence-electron chi connectivity index (χ0n) is 13.4. The number of halogens is 4. The molecule has 0 saturated carbocycles. The molecule has 1 aliphatic heterocycles. The molecule has 0 radical (unpaired) electrons. The van der Waals surface area contributed by atoms with Gasteiger partial charge in [0.25, 0.3) is 6.01 Å². The standard InChI is InChI=1S/C18H13ClF3N3O/c19-13-5-4-11(9-12(13)18(20,21)22)24-17-25-15-8-10(3-6-16(15)26-17)14-2-1-7-23-14/h3-6,8-9H,1-2,7H2,(H,24,25). The Bertz CT molecular complexity index is 1010. The second-order valence-corrected chi connectivity index (χ2v) is 6.36. The molecule has 26 heavy (non-hydrogen) atoms. The van der Waals surface area contributed by atoms with Crippen molar-refractivity contribution in [2.45, 2.75) is 19.0 Å². The molecule has 0 unspecified atom stereocenters. The van der Waals surface area contributed by atoms with E-state index in [1.807, 2.05) is 12.1 Å². The maximum atomic E-state index is 13.0. The van der Waals surface area contributed by atoms with E-state index in [1.165, 1.54) is 12.1 Å². The molecule has 3 aromatic rings. The van der Waals surface area contributed by atoms with Gasteiger partial charge in [0, 0.05) is 17.9 Å². The monoisotopic (exact) mass is 379 g/mol. The van der Waals surface area contributed by atoms with E-state index in [1.54, 1.807) is 6.07 Å². The van der Waals surface area contributed by atoms with Gasteiger partial charge in [0.05, 0.1) is 10.6 Å². The molecule has 4 nitrogen and oxygen atoms in total. The van der Waals surface area contributed by atoms with Crippen molar-refractivity contribution in [1.82, 2.24) is 4.98 Å². The molecule has 1 aliphatic rings. The Balaban J connectivity index is 1.63. The third-order valence-electron chi connectivity index (χ3n) is 4.12. The molecular weight excluding hydrogens is 367 g/mol. The van der Waals surface area contributed by atoms with E-state index in [-0.39, 0.29) is 16.7 Å². The summed E-state index contributed by atoms with van der Waals surface area (Å²) in [5, 5.41) is 2.40. The zero-order chi connectivity index (χ0) is 18.3. The summed E-state index contributed by atoms with van der Waals surface area (Å²) < 4.78 is 44.5. The molecule has 2 heterocycles. The van der Waals surface area contributed by atoms with Crippen LogP contribution in [0.3, 0.4) is 0 Å². The Morgan fingerprint density at radius 2 is 1.96 bits per heavy atom. The van der Waals surface area contributed by atoms with E-state index in [9.17, 15) is 13.2 Å². The highest BCUT2D eigenvalue weighted by molar-refractivity contribution is 6.31. The van der Waals surface area contributed by atoms with Crippen LogP contribution < -0.4 is 5.32 Å². The molecule has 4 rings (SSSR count). The predicted octanol–water partition coefficient (Wildman–Crippen LogP) is 5.83. The molecule has 0 fully saturated rings. The molecule has 0 aliphatic carbocycles. The second kappa shape index (κ2) is 6.32. The number of hydrogen-bond donors (Lipinski definition) is 1. The molecular formula is C18H13ClF3N3O. The van der Waals surface area contributed by atoms with Gasteiger partial charge in [-0.25, -0.2) is 0 Å². The van der Waals surface area contributed by atoms with Gasteiger partial charge < -0.3 is 9.73 Å². The molecule has 1 N–H and O–H groups in total. The quantitative estimate of drug-likeness (QED) is 0.623. The number of benzene rings is 2. The SMILES string of the molecule is FC(F)(F)c1cc(Nc2nc3cc(C4=NCCC4)ccc3o2)ccc1Cl. The number of nitrogens with one attached hydrogen (secondary N) is 1. The van der Waals surface area contributed by atoms with Crippen molar-refractivity contribution in [3.05, 3.63) is 52.5 Å². The highest BCUT2D eigenvalue weighted by Gasteiger charge is 2.33. The summed E-state index contributed by atoms with van der Waals surface area (Å²) in [5.41, 5.74) is 2.46. The van der Waals surface area contributed by atoms with E-state index in [0.717, 1.165) is 36.7 Å². The lowest BCUT2D eigenvalue weighted by molar-refractivity contribution is -0.137. The van der Waals surface area contributed by atoms with Crippen molar-refractivity contribution in [2.24, 2.45) is 4.99 Å². The van der Waals surface area contributed by atoms with Crippen LogP contribution in [-0.4, -0.2) is 17.2 Å². The van der Waals surface area contributed by atoms with Gasteiger partial charge >= 0.3 is 6.18 Å². The van der Waals surface area contributed by atoms with E-state index in [2.05, 4.69) is 15.3 Å². The molecule has 0 saturated heterocycles. The number of aliphatic imine (C=N–C) groups is 1. The number of fused-ring (bicyclic) bond motifs is 1. The van der Waals surface area contributed by atoms with Crippen molar-refractivity contribution in [2.75, 3.05) is 11.9 Å². The van der Waals surface area contributed by atoms with Gasteiger partial charge in [-0.15, -0.1) is 0 Å². The van der Waals surface area contributed by atoms with Crippen molar-refractivity contribution >= 4 is 40.1 Å². The van der Waals surface area contributed by atoms with Crippen LogP contribution in [0.15, 0.2) is 45.8 Å². The first-order valence-corrected chi connectivity index (χ1v) is 8.36. The van der Waals surface area contributed by atoms with Crippen molar-refractivity contribution in [3.8, 4) is 0 Å². The summed E-state index contributed by atoms with van der Waals surface area (Å²) in [4.78, 5) is 8.76. The Morgan fingerprint density at radius 3 is 2.69 bits per heavy atom. The first-order valence-electron chi connectivity index (χ1n) is 7.98. The van der Waals surface area contributed by atoms with Crippen LogP contribution in [0.25, 0.3) is 11.1 Å². The van der Waals surface area contributed by atoms with Crippen LogP contribution in [0.2, 0.25) is 5.02 Å². The number of nitrogens with zero attached hydrogens (tertiary/aromatic N) is 2. The number of hydrogen-bond acceptors (Lipinski definition) is 4. The summed E-state index contributed by atoms with van der Waals surface area (Å²) in [6.07, 6.45) is -2.57. The van der Waals surface area contributed by atoms with Gasteiger partial charge in [-0.3, -0.25) is 4.99 Å². The lowest BCUT2D eigenvalue weighted by Crippen LogP contribution is -2.06. The summed E-state index contributed by atoms with van der Waals surface area (Å²) in [7, 11) is 0. The average molecular weight is 380 g/mol. The van der Waals surface area contributed by atoms with Gasteiger partial charge in [-0.05, 0) is 54.8 Å². The lowest BCUT2D eigenvalue weighted by Gasteiger charge is -2.10. The normalized spacial score (nSPS) is 14.7. The number of oxazole rings is 1. The van der Waals surface area contributed by atoms with Crippen LogP contribution in [0, 0.1) is 0 Å². The smallest absolute Gasteiger partial charge is 0.417 e. The Kier molecular flexibility index (Phi) is 4.11. The largest absolute Gasteiger partial charge is 0.423 e. The maximum Gasteiger partial charge on any atom is 0.417 e. The van der Waals surface area contributed by atoms with E-state index < -0.39 is 11.7 Å². The Morgan fingerprint density at radius 1 is 1.12 bits per heavy atom. The van der Waals surface area contributed by atoms with Gasteiger partial charge in [0.2, 0.25) is 0 Å². The minimum atomic E-state index is -4.53. The number of anilines is 2. The van der Waals surface area contributed by atoms with Crippen molar-refractivity contribution in [1.29, 1.82) is 0 Å². The molecule has 134 valence electrons. The summed E-state index contributed by atoms with van der Waals surface area (Å²) in [6.45, 7) is 0.830. The number of rotatable bonds is 3. The first-order chi connectivity index (χ1) is 12.4. The highest BCUT2D eigenvalue weighted by Crippen LogP contribution is 2.37. The molecule has 0 bridgehead atoms. The zero-order valence-corrected chi connectivity index (χ0v) is 14.2. The van der Waals surface area contributed by atoms with Gasteiger partial charge in [0.1, 0.15) is 5.52 Å². The fraction of sp³-hybridized carbons (Fsp3) is 0.222. The minimum absolute atomic E-state index is 0.112. The Labute approximate surface area is 151 Å². The third-order valence-corrected chi connectivity index (χ3v) is 4.45. The fourth-order valence-corrected chi connectivity index (χ4v) is 3.10. The predicted molar refractivity (Wildman–Crippen MR) is 94.4 cm³/mol. The molecule has 0 amide bonds. The summed E-state index contributed by atoms with van der Waals surface area (Å²) >= 11 is 5.63. The van der Waals surface area contributed by atoms with Crippen LogP contribution >= 0.6 is 11.6 Å². The van der Waals surface area contributed by atoms with E-state index in [4.69, 9.17) is 16.0 Å². The maximum absolute atomic E-state index is 13.0. The molecule has 2 aromatic carbocycles. The van der Waals surface area contributed by atoms with Crippen molar-refractivity contribution < 1.29 is 17.6 Å². The van der Waals surface area contributed by atoms with Gasteiger partial charge in [-0.1, -0.05) is 11.6 Å². The van der Waals surface area contributed by atoms with Crippen LogP contribution in [0.1, 0.15) is 24.0 Å². The van der Waals surface area contributed by atoms with E-state index >= 15 is 0 Å². The number of aromatic nitrogens is 1. The second-order valence-electron chi connectivity index (χ2n) is 5.95. The van der Waals surface area contributed by atoms with Crippen LogP contribution in [0.5, 0.6) is 0 Å². The van der Waals surface area contributed by atoms with Gasteiger partial charge in [-0.2, -0.15) is 18.2 Å². The average Bonchev–Trinajstić information content (AvgIpc) is 3.23. The van der Waals surface area contributed by atoms with Crippen LogP contribution in [-0.2, 0) is 6.18 Å². The number of alkyl halides is 3. The van der Waals surface area contributed by atoms with Crippen molar-refractivity contribution in [3.63, 3.8) is 0 Å². The molecule has 0 atom stereocenters.